The van der Waals surface area contributed by atoms with E-state index in [2.05, 4.69) is 154 Å². The van der Waals surface area contributed by atoms with Crippen molar-refractivity contribution in [1.29, 1.82) is 0 Å². The number of aryl methyl sites for hydroxylation is 4. The van der Waals surface area contributed by atoms with Gasteiger partial charge >= 0.3 is 0 Å². The zero-order valence-electron chi connectivity index (χ0n) is 24.7. The summed E-state index contributed by atoms with van der Waals surface area (Å²) >= 11 is 0. The van der Waals surface area contributed by atoms with Gasteiger partial charge in [-0.2, -0.15) is 0 Å². The molecule has 1 aromatic heterocycles. The number of nitrogens with zero attached hydrogens (tertiary/aromatic N) is 3. The molecule has 4 aromatic carbocycles. The van der Waals surface area contributed by atoms with Crippen molar-refractivity contribution >= 4 is 47.5 Å². The van der Waals surface area contributed by atoms with Crippen molar-refractivity contribution < 1.29 is 0 Å². The molecule has 0 amide bonds. The smallest absolute Gasteiger partial charge is 0.140 e. The normalized spacial score (nSPS) is 11.4. The van der Waals surface area contributed by atoms with Crippen LogP contribution in [0.5, 0.6) is 0 Å². The van der Waals surface area contributed by atoms with E-state index in [4.69, 9.17) is 4.98 Å². The maximum absolute atomic E-state index is 4.91. The number of pyridine rings is 1. The number of hydrogen-bond donors (Lipinski definition) is 0. The predicted molar refractivity (Wildman–Crippen MR) is 176 cm³/mol. The molecule has 0 aliphatic heterocycles. The highest BCUT2D eigenvalue weighted by Gasteiger charge is 2.25. The van der Waals surface area contributed by atoms with E-state index in [0.29, 0.717) is 0 Å². The Kier molecular flexibility index (Phi) is 7.64. The van der Waals surface area contributed by atoms with Gasteiger partial charge in [-0.3, -0.25) is 4.90 Å². The molecule has 0 aliphatic rings. The largest absolute Gasteiger partial charge is 0.310 e. The van der Waals surface area contributed by atoms with Crippen LogP contribution < -0.4 is 15.0 Å². The first-order valence-electron chi connectivity index (χ1n) is 14.0. The van der Waals surface area contributed by atoms with E-state index in [-0.39, 0.29) is 0 Å². The molecular formula is C36H39N3Si. The lowest BCUT2D eigenvalue weighted by molar-refractivity contribution is 1.13. The van der Waals surface area contributed by atoms with Crippen molar-refractivity contribution in [3.63, 3.8) is 0 Å². The Hall–Kier alpha value is -4.15. The Morgan fingerprint density at radius 2 is 0.925 bits per heavy atom. The minimum absolute atomic E-state index is 0.953. The maximum atomic E-state index is 4.91. The highest BCUT2D eigenvalue weighted by Crippen LogP contribution is 2.42. The van der Waals surface area contributed by atoms with Gasteiger partial charge in [0.25, 0.3) is 0 Å². The minimum atomic E-state index is -1.72. The van der Waals surface area contributed by atoms with Crippen molar-refractivity contribution in [3.05, 3.63) is 132 Å². The van der Waals surface area contributed by atoms with Crippen molar-refractivity contribution in [2.75, 3.05) is 9.80 Å². The molecule has 0 bridgehead atoms. The number of hydrogen-bond acceptors (Lipinski definition) is 3. The summed E-state index contributed by atoms with van der Waals surface area (Å²) in [5.41, 5.74) is 10.6. The SMILES string of the molecule is Cc1ccccc1N(c1cc(N(c2ccccc2C)c2ncccc2C)cc([Si](C)(C)C)c1)c1ccccc1C. The molecule has 0 saturated carbocycles. The maximum Gasteiger partial charge on any atom is 0.140 e. The van der Waals surface area contributed by atoms with Crippen LogP contribution >= 0.6 is 0 Å². The fourth-order valence-corrected chi connectivity index (χ4v) is 6.39. The fraction of sp³-hybridized carbons (Fsp3) is 0.194. The lowest BCUT2D eigenvalue weighted by Crippen LogP contribution is -2.38. The molecular weight excluding hydrogens is 503 g/mol. The van der Waals surface area contributed by atoms with Gasteiger partial charge in [-0.05, 0) is 92.4 Å². The van der Waals surface area contributed by atoms with Crippen molar-refractivity contribution in [2.24, 2.45) is 0 Å². The molecule has 5 rings (SSSR count). The Bertz CT molecular complexity index is 1450. The second-order valence-electron chi connectivity index (χ2n) is 11.7. The lowest BCUT2D eigenvalue weighted by atomic mass is 10.1. The molecule has 3 nitrogen and oxygen atoms in total. The molecule has 0 aliphatic carbocycles. The van der Waals surface area contributed by atoms with Gasteiger partial charge in [-0.15, -0.1) is 0 Å². The van der Waals surface area contributed by atoms with E-state index in [9.17, 15) is 0 Å². The van der Waals surface area contributed by atoms with Gasteiger partial charge in [0.05, 0.1) is 13.8 Å². The van der Waals surface area contributed by atoms with E-state index < -0.39 is 8.07 Å². The summed E-state index contributed by atoms with van der Waals surface area (Å²) in [6.45, 7) is 16.0. The quantitative estimate of drug-likeness (QED) is 0.191. The summed E-state index contributed by atoms with van der Waals surface area (Å²) < 4.78 is 0. The molecule has 1 heterocycles. The summed E-state index contributed by atoms with van der Waals surface area (Å²) in [5.74, 6) is 0.953. The monoisotopic (exact) mass is 541 g/mol. The van der Waals surface area contributed by atoms with Crippen LogP contribution in [0.2, 0.25) is 19.6 Å². The standard InChI is InChI=1S/C36H39N3Si/c1-26-15-8-11-19-33(26)38(34-20-12-9-16-27(34)2)30-23-31(25-32(24-30)40(5,6)7)39(35-21-13-10-17-28(35)3)36-29(4)18-14-22-37-36/h8-25H,1-7H3. The third-order valence-corrected chi connectivity index (χ3v) is 9.57. The third-order valence-electron chi connectivity index (χ3n) is 7.55. The molecule has 0 N–H and O–H groups in total. The molecule has 0 spiro atoms. The highest BCUT2D eigenvalue weighted by atomic mass is 28.3. The first-order valence-corrected chi connectivity index (χ1v) is 17.5. The second kappa shape index (κ2) is 11.1. The Morgan fingerprint density at radius 3 is 1.38 bits per heavy atom. The Labute approximate surface area is 240 Å². The number of rotatable bonds is 7. The molecule has 0 saturated heterocycles. The first kappa shape index (κ1) is 27.4. The summed E-state index contributed by atoms with van der Waals surface area (Å²) in [6, 6.07) is 37.2. The van der Waals surface area contributed by atoms with E-state index in [0.717, 1.165) is 28.4 Å². The van der Waals surface area contributed by atoms with Gasteiger partial charge in [-0.25, -0.2) is 4.98 Å². The Morgan fingerprint density at radius 1 is 0.500 bits per heavy atom. The number of aromatic nitrogens is 1. The van der Waals surface area contributed by atoms with E-state index in [1.165, 1.54) is 33.3 Å². The summed E-state index contributed by atoms with van der Waals surface area (Å²) in [7, 11) is -1.72. The molecule has 0 atom stereocenters. The lowest BCUT2D eigenvalue weighted by Gasteiger charge is -2.33. The molecule has 40 heavy (non-hydrogen) atoms. The summed E-state index contributed by atoms with van der Waals surface area (Å²) in [6.07, 6.45) is 1.89. The topological polar surface area (TPSA) is 19.4 Å². The number of benzene rings is 4. The second-order valence-corrected chi connectivity index (χ2v) is 16.7. The van der Waals surface area contributed by atoms with Crippen LogP contribution in [0.25, 0.3) is 0 Å². The minimum Gasteiger partial charge on any atom is -0.310 e. The van der Waals surface area contributed by atoms with Crippen molar-refractivity contribution in [2.45, 2.75) is 47.3 Å². The van der Waals surface area contributed by atoms with Crippen LogP contribution in [0.4, 0.5) is 34.3 Å². The fourth-order valence-electron chi connectivity index (χ4n) is 5.22. The molecule has 0 fully saturated rings. The number of anilines is 6. The van der Waals surface area contributed by atoms with Gasteiger partial charge in [0.15, 0.2) is 0 Å². The van der Waals surface area contributed by atoms with E-state index in [1.807, 2.05) is 12.3 Å². The zero-order chi connectivity index (χ0) is 28.4. The summed E-state index contributed by atoms with van der Waals surface area (Å²) in [5, 5.41) is 1.40. The van der Waals surface area contributed by atoms with Gasteiger partial charge in [0.2, 0.25) is 0 Å². The van der Waals surface area contributed by atoms with E-state index in [1.54, 1.807) is 0 Å². The average molecular weight is 542 g/mol. The van der Waals surface area contributed by atoms with Crippen LogP contribution in [0, 0.1) is 27.7 Å². The average Bonchev–Trinajstić information content (AvgIpc) is 2.93. The first-order chi connectivity index (χ1) is 19.1. The van der Waals surface area contributed by atoms with Crippen LogP contribution in [0.1, 0.15) is 22.3 Å². The van der Waals surface area contributed by atoms with Crippen LogP contribution in [0.3, 0.4) is 0 Å². The van der Waals surface area contributed by atoms with Crippen LogP contribution in [-0.2, 0) is 0 Å². The predicted octanol–water partition coefficient (Wildman–Crippen LogP) is 9.80. The van der Waals surface area contributed by atoms with Crippen LogP contribution in [0.15, 0.2) is 109 Å². The van der Waals surface area contributed by atoms with Gasteiger partial charge < -0.3 is 4.90 Å². The van der Waals surface area contributed by atoms with Crippen molar-refractivity contribution in [1.82, 2.24) is 4.98 Å². The molecule has 4 heteroatoms. The molecule has 5 aromatic rings. The van der Waals surface area contributed by atoms with Gasteiger partial charge in [-0.1, -0.05) is 85.5 Å². The highest BCUT2D eigenvalue weighted by molar-refractivity contribution is 6.88. The molecule has 202 valence electrons. The van der Waals surface area contributed by atoms with Gasteiger partial charge in [0.1, 0.15) is 5.82 Å². The van der Waals surface area contributed by atoms with Crippen molar-refractivity contribution in [3.8, 4) is 0 Å². The number of para-hydroxylation sites is 3. The molecule has 0 unspecified atom stereocenters. The zero-order valence-corrected chi connectivity index (χ0v) is 25.7. The third kappa shape index (κ3) is 5.45. The van der Waals surface area contributed by atoms with Crippen LogP contribution in [-0.4, -0.2) is 13.1 Å². The summed E-state index contributed by atoms with van der Waals surface area (Å²) in [4.78, 5) is 9.68. The molecule has 0 radical (unpaired) electrons. The van der Waals surface area contributed by atoms with Gasteiger partial charge in [0, 0.05) is 28.9 Å². The van der Waals surface area contributed by atoms with E-state index >= 15 is 0 Å². The Balaban J connectivity index is 1.84.